The monoisotopic (exact) mass is 400 g/mol. The van der Waals surface area contributed by atoms with E-state index in [-0.39, 0.29) is 18.1 Å². The SMILES string of the molecule is CCCCCCCCCCCCCC(CC(=O)C(O)C(O)CO)C(=O)CCC. The summed E-state index contributed by atoms with van der Waals surface area (Å²) in [5.41, 5.74) is 0. The smallest absolute Gasteiger partial charge is 0.164 e. The van der Waals surface area contributed by atoms with E-state index in [1.165, 1.54) is 51.4 Å². The lowest BCUT2D eigenvalue weighted by molar-refractivity contribution is -0.138. The van der Waals surface area contributed by atoms with Crippen molar-refractivity contribution >= 4 is 11.6 Å². The minimum Gasteiger partial charge on any atom is -0.394 e. The fraction of sp³-hybridized carbons (Fsp3) is 0.913. The molecule has 0 rings (SSSR count). The molecule has 0 spiro atoms. The molecule has 0 aromatic heterocycles. The maximum absolute atomic E-state index is 12.3. The molecule has 3 unspecified atom stereocenters. The molecule has 5 nitrogen and oxygen atoms in total. The maximum atomic E-state index is 12.3. The highest BCUT2D eigenvalue weighted by molar-refractivity contribution is 5.90. The molecule has 3 atom stereocenters. The van der Waals surface area contributed by atoms with Crippen LogP contribution in [0.2, 0.25) is 0 Å². The van der Waals surface area contributed by atoms with Crippen LogP contribution in [0.15, 0.2) is 0 Å². The number of unbranched alkanes of at least 4 members (excludes halogenated alkanes) is 10. The van der Waals surface area contributed by atoms with Crippen LogP contribution in [0, 0.1) is 5.92 Å². The van der Waals surface area contributed by atoms with Crippen molar-refractivity contribution in [2.75, 3.05) is 6.61 Å². The van der Waals surface area contributed by atoms with Gasteiger partial charge >= 0.3 is 0 Å². The number of hydrogen-bond acceptors (Lipinski definition) is 5. The summed E-state index contributed by atoms with van der Waals surface area (Å²) >= 11 is 0. The van der Waals surface area contributed by atoms with E-state index in [0.29, 0.717) is 12.8 Å². The minimum absolute atomic E-state index is 0.0468. The van der Waals surface area contributed by atoms with E-state index >= 15 is 0 Å². The third kappa shape index (κ3) is 13.4. The van der Waals surface area contributed by atoms with Crippen LogP contribution < -0.4 is 0 Å². The molecule has 28 heavy (non-hydrogen) atoms. The van der Waals surface area contributed by atoms with Gasteiger partial charge in [-0.1, -0.05) is 84.5 Å². The summed E-state index contributed by atoms with van der Waals surface area (Å²) in [7, 11) is 0. The van der Waals surface area contributed by atoms with Crippen LogP contribution in [0.25, 0.3) is 0 Å². The second-order valence-corrected chi connectivity index (χ2v) is 8.10. The first-order valence-electron chi connectivity index (χ1n) is 11.5. The third-order valence-electron chi connectivity index (χ3n) is 5.44. The van der Waals surface area contributed by atoms with Gasteiger partial charge < -0.3 is 15.3 Å². The van der Waals surface area contributed by atoms with Crippen molar-refractivity contribution in [1.29, 1.82) is 0 Å². The van der Waals surface area contributed by atoms with Gasteiger partial charge in [0.05, 0.1) is 6.61 Å². The average Bonchev–Trinajstić information content (AvgIpc) is 2.69. The van der Waals surface area contributed by atoms with E-state index in [1.54, 1.807) is 0 Å². The minimum atomic E-state index is -1.61. The summed E-state index contributed by atoms with van der Waals surface area (Å²) in [6.07, 6.45) is 12.3. The summed E-state index contributed by atoms with van der Waals surface area (Å²) in [4.78, 5) is 24.4. The number of aliphatic hydroxyl groups excluding tert-OH is 3. The zero-order valence-electron chi connectivity index (χ0n) is 18.2. The number of ketones is 2. The van der Waals surface area contributed by atoms with Gasteiger partial charge in [-0.15, -0.1) is 0 Å². The number of aliphatic hydroxyl groups is 3. The molecule has 0 aliphatic rings. The molecule has 0 bridgehead atoms. The predicted octanol–water partition coefficient (Wildman–Crippen LogP) is 4.35. The Morgan fingerprint density at radius 1 is 0.714 bits per heavy atom. The van der Waals surface area contributed by atoms with Crippen LogP contribution in [0.5, 0.6) is 0 Å². The van der Waals surface area contributed by atoms with Gasteiger partial charge in [0.1, 0.15) is 18.0 Å². The first kappa shape index (κ1) is 27.2. The normalized spacial score (nSPS) is 14.6. The standard InChI is InChI=1S/C23H44O5/c1-3-5-6-7-8-9-10-11-12-13-14-16-19(20(25)15-4-2)17-21(26)23(28)22(27)18-24/h19,22-24,27-28H,3-18H2,1-2H3. The van der Waals surface area contributed by atoms with Gasteiger partial charge in [0.25, 0.3) is 0 Å². The molecule has 166 valence electrons. The van der Waals surface area contributed by atoms with Crippen molar-refractivity contribution < 1.29 is 24.9 Å². The lowest BCUT2D eigenvalue weighted by Gasteiger charge is -2.19. The lowest BCUT2D eigenvalue weighted by Crippen LogP contribution is -2.38. The Hall–Kier alpha value is -0.780. The van der Waals surface area contributed by atoms with Crippen molar-refractivity contribution in [3.05, 3.63) is 0 Å². The van der Waals surface area contributed by atoms with Gasteiger partial charge in [-0.25, -0.2) is 0 Å². The zero-order valence-corrected chi connectivity index (χ0v) is 18.2. The first-order valence-corrected chi connectivity index (χ1v) is 11.5. The quantitative estimate of drug-likeness (QED) is 0.264. The fourth-order valence-electron chi connectivity index (χ4n) is 3.56. The largest absolute Gasteiger partial charge is 0.394 e. The number of rotatable bonds is 20. The Morgan fingerprint density at radius 2 is 1.21 bits per heavy atom. The third-order valence-corrected chi connectivity index (χ3v) is 5.44. The molecule has 0 heterocycles. The summed E-state index contributed by atoms with van der Waals surface area (Å²) in [5, 5.41) is 28.0. The van der Waals surface area contributed by atoms with Gasteiger partial charge in [0.2, 0.25) is 0 Å². The van der Waals surface area contributed by atoms with E-state index in [0.717, 1.165) is 25.7 Å². The Kier molecular flexibility index (Phi) is 17.8. The molecule has 0 fully saturated rings. The topological polar surface area (TPSA) is 94.8 Å². The van der Waals surface area contributed by atoms with Crippen molar-refractivity contribution in [2.45, 2.75) is 122 Å². The highest BCUT2D eigenvalue weighted by atomic mass is 16.4. The van der Waals surface area contributed by atoms with Crippen LogP contribution in [0.3, 0.4) is 0 Å². The Bertz CT molecular complexity index is 396. The van der Waals surface area contributed by atoms with E-state index < -0.39 is 24.6 Å². The van der Waals surface area contributed by atoms with Crippen molar-refractivity contribution in [3.63, 3.8) is 0 Å². The van der Waals surface area contributed by atoms with E-state index in [2.05, 4.69) is 6.92 Å². The summed E-state index contributed by atoms with van der Waals surface area (Å²) in [5.74, 6) is -0.876. The number of carbonyl (C=O) groups excluding carboxylic acids is 2. The molecule has 0 aromatic rings. The van der Waals surface area contributed by atoms with Crippen molar-refractivity contribution in [2.24, 2.45) is 5.92 Å². The van der Waals surface area contributed by atoms with Gasteiger partial charge in [-0.05, 0) is 12.8 Å². The molecular formula is C23H44O5. The van der Waals surface area contributed by atoms with Crippen LogP contribution >= 0.6 is 0 Å². The van der Waals surface area contributed by atoms with E-state index in [9.17, 15) is 19.8 Å². The molecular weight excluding hydrogens is 356 g/mol. The van der Waals surface area contributed by atoms with Crippen LogP contribution in [-0.4, -0.2) is 45.7 Å². The molecule has 0 aliphatic heterocycles. The highest BCUT2D eigenvalue weighted by Gasteiger charge is 2.28. The second kappa shape index (κ2) is 18.3. The Labute approximate surface area is 171 Å². The van der Waals surface area contributed by atoms with Gasteiger partial charge in [0, 0.05) is 18.8 Å². The predicted molar refractivity (Wildman–Crippen MR) is 113 cm³/mol. The van der Waals surface area contributed by atoms with Gasteiger partial charge in [-0.3, -0.25) is 9.59 Å². The molecule has 5 heteroatoms. The Morgan fingerprint density at radius 3 is 1.68 bits per heavy atom. The van der Waals surface area contributed by atoms with Gasteiger partial charge in [-0.2, -0.15) is 0 Å². The molecule has 0 saturated carbocycles. The van der Waals surface area contributed by atoms with E-state index in [4.69, 9.17) is 5.11 Å². The van der Waals surface area contributed by atoms with Crippen molar-refractivity contribution in [1.82, 2.24) is 0 Å². The maximum Gasteiger partial charge on any atom is 0.164 e. The fourth-order valence-corrected chi connectivity index (χ4v) is 3.56. The molecule has 0 radical (unpaired) electrons. The number of hydrogen-bond donors (Lipinski definition) is 3. The summed E-state index contributed by atoms with van der Waals surface area (Å²) < 4.78 is 0. The van der Waals surface area contributed by atoms with Crippen LogP contribution in [0.4, 0.5) is 0 Å². The highest BCUT2D eigenvalue weighted by Crippen LogP contribution is 2.20. The second-order valence-electron chi connectivity index (χ2n) is 8.10. The van der Waals surface area contributed by atoms with Crippen molar-refractivity contribution in [3.8, 4) is 0 Å². The Balaban J connectivity index is 4.07. The van der Waals surface area contributed by atoms with Crippen LogP contribution in [0.1, 0.15) is 110 Å². The lowest BCUT2D eigenvalue weighted by atomic mass is 9.87. The summed E-state index contributed by atoms with van der Waals surface area (Å²) in [6, 6.07) is 0. The van der Waals surface area contributed by atoms with Gasteiger partial charge in [0.15, 0.2) is 5.78 Å². The zero-order chi connectivity index (χ0) is 21.2. The molecule has 0 aliphatic carbocycles. The molecule has 0 aromatic carbocycles. The van der Waals surface area contributed by atoms with E-state index in [1.807, 2.05) is 6.92 Å². The number of carbonyl (C=O) groups is 2. The van der Waals surface area contributed by atoms with Crippen LogP contribution in [-0.2, 0) is 9.59 Å². The first-order chi connectivity index (χ1) is 13.5. The molecule has 0 amide bonds. The molecule has 0 saturated heterocycles. The molecule has 3 N–H and O–H groups in total. The summed E-state index contributed by atoms with van der Waals surface area (Å²) in [6.45, 7) is 3.50. The average molecular weight is 401 g/mol. The number of Topliss-reactive ketones (excluding diaryl/α,β-unsaturated/α-hetero) is 2.